The van der Waals surface area contributed by atoms with Crippen LogP contribution in [0.25, 0.3) is 11.0 Å². The fraction of sp³-hybridized carbons (Fsp3) is 0.500. The quantitative estimate of drug-likeness (QED) is 0.812. The van der Waals surface area contributed by atoms with Gasteiger partial charge in [0, 0.05) is 13.1 Å². The zero-order valence-electron chi connectivity index (χ0n) is 11.6. The molecule has 0 aliphatic heterocycles. The predicted molar refractivity (Wildman–Crippen MR) is 74.4 cm³/mol. The van der Waals surface area contributed by atoms with E-state index in [9.17, 15) is 0 Å². The highest BCUT2D eigenvalue weighted by Gasteiger charge is 2.02. The molecule has 0 spiro atoms. The minimum absolute atomic E-state index is 0.993. The summed E-state index contributed by atoms with van der Waals surface area (Å²) in [5, 5.41) is 0. The number of benzene rings is 1. The van der Waals surface area contributed by atoms with E-state index in [4.69, 9.17) is 0 Å². The monoisotopic (exact) mass is 233 g/mol. The Morgan fingerprint density at radius 3 is 2.59 bits per heavy atom. The molecule has 2 aromatic rings. The lowest BCUT2D eigenvalue weighted by molar-refractivity contribution is 0.386. The van der Waals surface area contributed by atoms with Gasteiger partial charge < -0.3 is 9.47 Å². The summed E-state index contributed by atoms with van der Waals surface area (Å²) in [6.45, 7) is 8.15. The molecule has 94 valence electrons. The third-order valence-electron chi connectivity index (χ3n) is 2.56. The number of rotatable bonds is 3. The summed E-state index contributed by atoms with van der Waals surface area (Å²) in [6.07, 6.45) is 1.92. The number of aromatic nitrogens is 2. The molecule has 1 aromatic carbocycles. The number of imidazole rings is 1. The Morgan fingerprint density at radius 1 is 1.24 bits per heavy atom. The Kier molecular flexibility index (Phi) is 5.16. The Bertz CT molecular complexity index is 457. The van der Waals surface area contributed by atoms with E-state index >= 15 is 0 Å². The van der Waals surface area contributed by atoms with E-state index in [1.165, 1.54) is 11.1 Å². The SMILES string of the molecule is CC.Cc1ccc2ncn(CCN(C)C)c2c1. The molecule has 0 amide bonds. The van der Waals surface area contributed by atoms with Crippen LogP contribution in [0.3, 0.4) is 0 Å². The Hall–Kier alpha value is -1.35. The molecule has 0 atom stereocenters. The molecule has 1 aromatic heterocycles. The molecule has 0 saturated heterocycles. The number of nitrogens with zero attached hydrogens (tertiary/aromatic N) is 3. The van der Waals surface area contributed by atoms with Gasteiger partial charge in [-0.1, -0.05) is 19.9 Å². The van der Waals surface area contributed by atoms with Crippen molar-refractivity contribution >= 4 is 11.0 Å². The summed E-state index contributed by atoms with van der Waals surface area (Å²) in [4.78, 5) is 6.56. The molecule has 0 fully saturated rings. The van der Waals surface area contributed by atoms with Gasteiger partial charge in [0.05, 0.1) is 17.4 Å². The number of likely N-dealkylation sites (N-methyl/N-ethyl adjacent to an activating group) is 1. The highest BCUT2D eigenvalue weighted by molar-refractivity contribution is 5.75. The van der Waals surface area contributed by atoms with Gasteiger partial charge in [0.25, 0.3) is 0 Å². The van der Waals surface area contributed by atoms with E-state index in [1.807, 2.05) is 20.2 Å². The smallest absolute Gasteiger partial charge is 0.0958 e. The summed E-state index contributed by atoms with van der Waals surface area (Å²) in [5.74, 6) is 0. The lowest BCUT2D eigenvalue weighted by atomic mass is 10.2. The topological polar surface area (TPSA) is 21.1 Å². The zero-order valence-corrected chi connectivity index (χ0v) is 11.6. The van der Waals surface area contributed by atoms with E-state index in [0.717, 1.165) is 18.6 Å². The maximum absolute atomic E-state index is 4.38. The molecule has 0 bridgehead atoms. The van der Waals surface area contributed by atoms with Crippen molar-refractivity contribution in [3.8, 4) is 0 Å². The van der Waals surface area contributed by atoms with Gasteiger partial charge in [0.15, 0.2) is 0 Å². The van der Waals surface area contributed by atoms with Crippen molar-refractivity contribution in [3.63, 3.8) is 0 Å². The highest BCUT2D eigenvalue weighted by Crippen LogP contribution is 2.14. The zero-order chi connectivity index (χ0) is 12.8. The first-order valence-electron chi connectivity index (χ1n) is 6.23. The molecular formula is C14H23N3. The first kappa shape index (κ1) is 13.7. The number of fused-ring (bicyclic) bond motifs is 1. The number of hydrogen-bond acceptors (Lipinski definition) is 2. The Morgan fingerprint density at radius 2 is 1.94 bits per heavy atom. The van der Waals surface area contributed by atoms with E-state index in [0.29, 0.717) is 0 Å². The molecule has 2 rings (SSSR count). The molecular weight excluding hydrogens is 210 g/mol. The Labute approximate surface area is 104 Å². The Balaban J connectivity index is 0.000000686. The third kappa shape index (κ3) is 3.56. The fourth-order valence-corrected chi connectivity index (χ4v) is 1.65. The second kappa shape index (κ2) is 6.40. The van der Waals surface area contributed by atoms with Crippen LogP contribution in [0, 0.1) is 6.92 Å². The van der Waals surface area contributed by atoms with Gasteiger partial charge in [-0.05, 0) is 38.7 Å². The minimum atomic E-state index is 0.993. The van der Waals surface area contributed by atoms with Crippen LogP contribution >= 0.6 is 0 Å². The van der Waals surface area contributed by atoms with Crippen molar-refractivity contribution < 1.29 is 0 Å². The molecule has 3 nitrogen and oxygen atoms in total. The molecule has 0 radical (unpaired) electrons. The summed E-state index contributed by atoms with van der Waals surface area (Å²) in [7, 11) is 4.18. The lowest BCUT2D eigenvalue weighted by Gasteiger charge is -2.10. The summed E-state index contributed by atoms with van der Waals surface area (Å²) in [5.41, 5.74) is 3.60. The van der Waals surface area contributed by atoms with Crippen LogP contribution < -0.4 is 0 Å². The predicted octanol–water partition coefficient (Wildman–Crippen LogP) is 2.93. The van der Waals surface area contributed by atoms with E-state index in [-0.39, 0.29) is 0 Å². The van der Waals surface area contributed by atoms with Gasteiger partial charge in [-0.25, -0.2) is 4.98 Å². The van der Waals surface area contributed by atoms with E-state index < -0.39 is 0 Å². The molecule has 0 unspecified atom stereocenters. The average molecular weight is 233 g/mol. The second-order valence-corrected chi connectivity index (χ2v) is 4.23. The van der Waals surface area contributed by atoms with Crippen LogP contribution in [0.15, 0.2) is 24.5 Å². The van der Waals surface area contributed by atoms with Crippen LogP contribution in [0.1, 0.15) is 19.4 Å². The van der Waals surface area contributed by atoms with Crippen LogP contribution in [-0.2, 0) is 6.54 Å². The van der Waals surface area contributed by atoms with Gasteiger partial charge in [0.2, 0.25) is 0 Å². The normalized spacial score (nSPS) is 10.5. The first-order valence-corrected chi connectivity index (χ1v) is 6.23. The van der Waals surface area contributed by atoms with Crippen molar-refractivity contribution in [2.75, 3.05) is 20.6 Å². The van der Waals surface area contributed by atoms with Crippen LogP contribution in [0.5, 0.6) is 0 Å². The largest absolute Gasteiger partial charge is 0.329 e. The van der Waals surface area contributed by atoms with Crippen LogP contribution in [-0.4, -0.2) is 35.1 Å². The van der Waals surface area contributed by atoms with Crippen LogP contribution in [0.4, 0.5) is 0 Å². The van der Waals surface area contributed by atoms with Crippen molar-refractivity contribution in [1.29, 1.82) is 0 Å². The van der Waals surface area contributed by atoms with E-state index in [2.05, 4.69) is 53.7 Å². The molecule has 0 aliphatic carbocycles. The molecule has 17 heavy (non-hydrogen) atoms. The highest BCUT2D eigenvalue weighted by atomic mass is 15.1. The number of hydrogen-bond donors (Lipinski definition) is 0. The van der Waals surface area contributed by atoms with Gasteiger partial charge in [0.1, 0.15) is 0 Å². The molecule has 1 heterocycles. The maximum Gasteiger partial charge on any atom is 0.0958 e. The number of aryl methyl sites for hydroxylation is 1. The molecule has 0 aliphatic rings. The standard InChI is InChI=1S/C12H17N3.C2H6/c1-10-4-5-11-12(8-10)15(9-13-11)7-6-14(2)3;1-2/h4-5,8-9H,6-7H2,1-3H3;1-2H3. The van der Waals surface area contributed by atoms with Crippen molar-refractivity contribution in [1.82, 2.24) is 14.5 Å². The molecule has 0 saturated carbocycles. The second-order valence-electron chi connectivity index (χ2n) is 4.23. The van der Waals surface area contributed by atoms with Gasteiger partial charge in [-0.2, -0.15) is 0 Å². The minimum Gasteiger partial charge on any atom is -0.329 e. The summed E-state index contributed by atoms with van der Waals surface area (Å²) >= 11 is 0. The van der Waals surface area contributed by atoms with Crippen molar-refractivity contribution in [2.45, 2.75) is 27.3 Å². The third-order valence-corrected chi connectivity index (χ3v) is 2.56. The maximum atomic E-state index is 4.38. The van der Waals surface area contributed by atoms with Crippen molar-refractivity contribution in [3.05, 3.63) is 30.1 Å². The lowest BCUT2D eigenvalue weighted by Crippen LogP contribution is -2.17. The van der Waals surface area contributed by atoms with Gasteiger partial charge in [-0.15, -0.1) is 0 Å². The molecule has 3 heteroatoms. The fourth-order valence-electron chi connectivity index (χ4n) is 1.65. The summed E-state index contributed by atoms with van der Waals surface area (Å²) < 4.78 is 2.21. The first-order chi connectivity index (χ1) is 8.16. The van der Waals surface area contributed by atoms with Crippen molar-refractivity contribution in [2.24, 2.45) is 0 Å². The van der Waals surface area contributed by atoms with E-state index in [1.54, 1.807) is 0 Å². The van der Waals surface area contributed by atoms with Gasteiger partial charge >= 0.3 is 0 Å². The average Bonchev–Trinajstić information content (AvgIpc) is 2.71. The van der Waals surface area contributed by atoms with Crippen LogP contribution in [0.2, 0.25) is 0 Å². The van der Waals surface area contributed by atoms with Gasteiger partial charge in [-0.3, -0.25) is 0 Å². The molecule has 0 N–H and O–H groups in total. The summed E-state index contributed by atoms with van der Waals surface area (Å²) in [6, 6.07) is 6.38.